The van der Waals surface area contributed by atoms with Crippen LogP contribution < -0.4 is 5.32 Å². The van der Waals surface area contributed by atoms with E-state index < -0.39 is 49.5 Å². The molecule has 7 unspecified atom stereocenters. The molecule has 6 N–H and O–H groups in total. The quantitative estimate of drug-likeness (QED) is 0.0279. The van der Waals surface area contributed by atoms with Gasteiger partial charge >= 0.3 is 0 Å². The number of nitrogens with one attached hydrogen (secondary N) is 1. The molecule has 310 valence electrons. The number of carbonyl (C=O) groups is 1. The van der Waals surface area contributed by atoms with Crippen molar-refractivity contribution in [2.75, 3.05) is 13.2 Å². The monoisotopic (exact) mass is 752 g/mol. The first kappa shape index (κ1) is 49.4. The van der Waals surface area contributed by atoms with Gasteiger partial charge in [-0.3, -0.25) is 4.79 Å². The first-order valence-electron chi connectivity index (χ1n) is 21.7. The van der Waals surface area contributed by atoms with Gasteiger partial charge in [0.05, 0.1) is 25.4 Å². The molecule has 1 heterocycles. The maximum atomic E-state index is 12.9. The van der Waals surface area contributed by atoms with Crippen molar-refractivity contribution in [2.24, 2.45) is 0 Å². The fourth-order valence-corrected chi connectivity index (χ4v) is 6.64. The molecule has 1 aliphatic rings. The van der Waals surface area contributed by atoms with Crippen LogP contribution in [0.5, 0.6) is 0 Å². The minimum Gasteiger partial charge on any atom is -0.394 e. The topological polar surface area (TPSA) is 149 Å². The maximum absolute atomic E-state index is 12.9. The van der Waals surface area contributed by atoms with Crippen molar-refractivity contribution in [1.29, 1.82) is 0 Å². The summed E-state index contributed by atoms with van der Waals surface area (Å²) in [5.74, 6) is -0.197. The van der Waals surface area contributed by atoms with Crippen molar-refractivity contribution >= 4 is 5.91 Å². The molecule has 1 rings (SSSR count). The number of aliphatic hydroxyl groups excluding tert-OH is 5. The lowest BCUT2D eigenvalue weighted by molar-refractivity contribution is -0.302. The van der Waals surface area contributed by atoms with E-state index in [1.807, 2.05) is 6.08 Å². The summed E-state index contributed by atoms with van der Waals surface area (Å²) in [7, 11) is 0. The van der Waals surface area contributed by atoms with Crippen LogP contribution in [0.4, 0.5) is 0 Å². The summed E-state index contributed by atoms with van der Waals surface area (Å²) in [6.07, 6.45) is 34.7. The summed E-state index contributed by atoms with van der Waals surface area (Å²) >= 11 is 0. The smallest absolute Gasteiger partial charge is 0.220 e. The minimum atomic E-state index is -1.57. The highest BCUT2D eigenvalue weighted by Crippen LogP contribution is 2.22. The van der Waals surface area contributed by atoms with Crippen LogP contribution in [-0.2, 0) is 14.3 Å². The second-order valence-electron chi connectivity index (χ2n) is 15.1. The average molecular weight is 752 g/mol. The van der Waals surface area contributed by atoms with Crippen molar-refractivity contribution in [3.8, 4) is 0 Å². The van der Waals surface area contributed by atoms with E-state index in [0.717, 1.165) is 57.8 Å². The zero-order chi connectivity index (χ0) is 38.8. The highest BCUT2D eigenvalue weighted by atomic mass is 16.7. The van der Waals surface area contributed by atoms with Crippen LogP contribution in [0.2, 0.25) is 0 Å². The fourth-order valence-electron chi connectivity index (χ4n) is 6.64. The Hall–Kier alpha value is -1.59. The molecular formula is C44H81NO8. The van der Waals surface area contributed by atoms with E-state index in [2.05, 4.69) is 43.5 Å². The molecule has 0 bridgehead atoms. The molecule has 0 radical (unpaired) electrons. The third kappa shape index (κ3) is 26.0. The van der Waals surface area contributed by atoms with Gasteiger partial charge in [0.15, 0.2) is 6.29 Å². The third-order valence-corrected chi connectivity index (χ3v) is 10.2. The summed E-state index contributed by atoms with van der Waals surface area (Å²) in [5.41, 5.74) is 0. The average Bonchev–Trinajstić information content (AvgIpc) is 3.16. The van der Waals surface area contributed by atoms with Gasteiger partial charge in [-0.15, -0.1) is 0 Å². The number of rotatable bonds is 35. The van der Waals surface area contributed by atoms with Crippen LogP contribution >= 0.6 is 0 Å². The molecule has 0 aromatic carbocycles. The lowest BCUT2D eigenvalue weighted by atomic mass is 9.99. The molecule has 1 fully saturated rings. The van der Waals surface area contributed by atoms with E-state index >= 15 is 0 Å². The Bertz CT molecular complexity index is 925. The maximum Gasteiger partial charge on any atom is 0.220 e. The molecule has 1 saturated heterocycles. The number of amides is 1. The van der Waals surface area contributed by atoms with Gasteiger partial charge < -0.3 is 40.3 Å². The summed E-state index contributed by atoms with van der Waals surface area (Å²) in [4.78, 5) is 12.9. The van der Waals surface area contributed by atoms with Crippen LogP contribution in [0.25, 0.3) is 0 Å². The van der Waals surface area contributed by atoms with Gasteiger partial charge in [-0.2, -0.15) is 0 Å². The van der Waals surface area contributed by atoms with Gasteiger partial charge in [-0.05, 0) is 57.8 Å². The SMILES string of the molecule is CCCCCCCC/C=C\CCCCCCCC(=O)NC(COC1OC(CO)C(O)C(O)C1O)C(O)/C=C/CC/C=C/CCCCCCCCCCC. The van der Waals surface area contributed by atoms with Gasteiger partial charge in [-0.25, -0.2) is 0 Å². The van der Waals surface area contributed by atoms with E-state index in [9.17, 15) is 30.3 Å². The Kier molecular flexibility index (Phi) is 32.5. The van der Waals surface area contributed by atoms with Gasteiger partial charge in [0, 0.05) is 6.42 Å². The zero-order valence-corrected chi connectivity index (χ0v) is 33.8. The molecule has 53 heavy (non-hydrogen) atoms. The highest BCUT2D eigenvalue weighted by Gasteiger charge is 2.44. The number of hydrogen-bond donors (Lipinski definition) is 6. The van der Waals surface area contributed by atoms with E-state index in [1.54, 1.807) is 6.08 Å². The van der Waals surface area contributed by atoms with Gasteiger partial charge in [-0.1, -0.05) is 153 Å². The highest BCUT2D eigenvalue weighted by molar-refractivity contribution is 5.76. The summed E-state index contributed by atoms with van der Waals surface area (Å²) < 4.78 is 11.2. The molecule has 1 amide bonds. The first-order chi connectivity index (χ1) is 25.8. The minimum absolute atomic E-state index is 0.197. The number of hydrogen-bond acceptors (Lipinski definition) is 8. The Morgan fingerprint density at radius 1 is 0.623 bits per heavy atom. The van der Waals surface area contributed by atoms with Crippen molar-refractivity contribution < 1.29 is 39.8 Å². The fraction of sp³-hybridized carbons (Fsp3) is 0.841. The number of carbonyl (C=O) groups excluding carboxylic acids is 1. The summed E-state index contributed by atoms with van der Waals surface area (Å²) in [6.45, 7) is 3.73. The van der Waals surface area contributed by atoms with Crippen LogP contribution in [-0.4, -0.2) is 87.5 Å². The first-order valence-corrected chi connectivity index (χ1v) is 21.7. The lowest BCUT2D eigenvalue weighted by Gasteiger charge is -2.40. The van der Waals surface area contributed by atoms with E-state index in [4.69, 9.17) is 9.47 Å². The molecule has 1 aliphatic heterocycles. The van der Waals surface area contributed by atoms with Crippen LogP contribution in [0.15, 0.2) is 36.5 Å². The second-order valence-corrected chi connectivity index (χ2v) is 15.1. The zero-order valence-electron chi connectivity index (χ0n) is 33.8. The van der Waals surface area contributed by atoms with Crippen LogP contribution in [0.1, 0.15) is 181 Å². The lowest BCUT2D eigenvalue weighted by Crippen LogP contribution is -2.60. The third-order valence-electron chi connectivity index (χ3n) is 10.2. The van der Waals surface area contributed by atoms with Gasteiger partial charge in [0.2, 0.25) is 5.91 Å². The number of allylic oxidation sites excluding steroid dienone is 5. The largest absolute Gasteiger partial charge is 0.394 e. The van der Waals surface area contributed by atoms with Crippen molar-refractivity contribution in [1.82, 2.24) is 5.32 Å². The van der Waals surface area contributed by atoms with E-state index in [-0.39, 0.29) is 12.5 Å². The Morgan fingerprint density at radius 3 is 1.58 bits per heavy atom. The normalized spacial score (nSPS) is 22.0. The molecule has 7 atom stereocenters. The predicted octanol–water partition coefficient (Wildman–Crippen LogP) is 8.50. The van der Waals surface area contributed by atoms with Crippen LogP contribution in [0.3, 0.4) is 0 Å². The Morgan fingerprint density at radius 2 is 1.08 bits per heavy atom. The predicted molar refractivity (Wildman–Crippen MR) is 216 cm³/mol. The van der Waals surface area contributed by atoms with Gasteiger partial charge in [0.25, 0.3) is 0 Å². The summed E-state index contributed by atoms with van der Waals surface area (Å²) in [6, 6.07) is -0.823. The molecule has 9 heteroatoms. The van der Waals surface area contributed by atoms with E-state index in [0.29, 0.717) is 6.42 Å². The van der Waals surface area contributed by atoms with Gasteiger partial charge in [0.1, 0.15) is 24.4 Å². The van der Waals surface area contributed by atoms with Crippen molar-refractivity contribution in [2.45, 2.75) is 224 Å². The molecule has 0 aromatic rings. The number of ether oxygens (including phenoxy) is 2. The standard InChI is InChI=1S/C44H81NO8/c1-3-5-7-9-11-13-15-17-19-21-23-25-27-29-31-33-38(47)37(36-52-44-43(51)42(50)41(49)39(35-46)53-44)45-40(48)34-32-30-28-26-24-22-20-18-16-14-12-10-8-6-4-2/h18,20,23,25,31,33,37-39,41-44,46-47,49-51H,3-17,19,21-22,24,26-30,32,34-36H2,1-2H3,(H,45,48)/b20-18-,25-23+,33-31+. The van der Waals surface area contributed by atoms with E-state index in [1.165, 1.54) is 103 Å². The Labute approximate surface area is 323 Å². The molecule has 9 nitrogen and oxygen atoms in total. The molecular weight excluding hydrogens is 670 g/mol. The molecule has 0 aliphatic carbocycles. The number of aliphatic hydroxyl groups is 5. The Balaban J connectivity index is 2.43. The van der Waals surface area contributed by atoms with Crippen molar-refractivity contribution in [3.63, 3.8) is 0 Å². The van der Waals surface area contributed by atoms with Crippen molar-refractivity contribution in [3.05, 3.63) is 36.5 Å². The molecule has 0 saturated carbocycles. The molecule has 0 aromatic heterocycles. The van der Waals surface area contributed by atoms with Crippen LogP contribution in [0, 0.1) is 0 Å². The second kappa shape index (κ2) is 34.9. The molecule has 0 spiro atoms. The summed E-state index contributed by atoms with van der Waals surface area (Å²) in [5, 5.41) is 54.0. The number of unbranched alkanes of at least 4 members (excludes halogenated alkanes) is 21.